The number of aromatic nitrogens is 5. The summed E-state index contributed by atoms with van der Waals surface area (Å²) < 4.78 is 43.1. The van der Waals surface area contributed by atoms with Gasteiger partial charge in [-0.3, -0.25) is 4.98 Å². The highest BCUT2D eigenvalue weighted by molar-refractivity contribution is 6.07. The van der Waals surface area contributed by atoms with Crippen LogP contribution in [-0.2, 0) is 11.8 Å². The Kier molecular flexibility index (Phi) is 2.60. The van der Waals surface area contributed by atoms with Crippen LogP contribution in [0.2, 0.25) is 0 Å². The number of ether oxygens (including phenoxy) is 1. The molecule has 3 aromatic heterocycles. The Morgan fingerprint density at radius 3 is 2.96 bits per heavy atom. The van der Waals surface area contributed by atoms with E-state index in [1.807, 2.05) is 0 Å². The van der Waals surface area contributed by atoms with E-state index in [2.05, 4.69) is 25.0 Å². The van der Waals surface area contributed by atoms with Crippen LogP contribution in [0.15, 0.2) is 24.4 Å². The predicted octanol–water partition coefficient (Wildman–Crippen LogP) is 2.75. The van der Waals surface area contributed by atoms with Gasteiger partial charge in [-0.2, -0.15) is 0 Å². The first kappa shape index (κ1) is 12.1. The van der Waals surface area contributed by atoms with Crippen LogP contribution < -0.4 is 0 Å². The quantitative estimate of drug-likeness (QED) is 0.566. The number of halogens is 1. The van der Waals surface area contributed by atoms with Crippen molar-refractivity contribution in [1.82, 2.24) is 25.0 Å². The Labute approximate surface area is 145 Å². The van der Waals surface area contributed by atoms with Gasteiger partial charge >= 0.3 is 5.97 Å². The number of esters is 1. The molecule has 0 saturated heterocycles. The number of nitrogens with one attached hydrogen (secondary N) is 1. The van der Waals surface area contributed by atoms with Crippen molar-refractivity contribution in [3.8, 4) is 11.3 Å². The number of benzene rings is 1. The molecular formula is C17H14FN5O2. The summed E-state index contributed by atoms with van der Waals surface area (Å²) in [6, 6.07) is 4.26. The molecule has 8 heteroatoms. The van der Waals surface area contributed by atoms with E-state index in [1.165, 1.54) is 30.1 Å². The third-order valence-corrected chi connectivity index (χ3v) is 4.02. The minimum atomic E-state index is -2.43. The van der Waals surface area contributed by atoms with E-state index < -0.39 is 18.6 Å². The summed E-state index contributed by atoms with van der Waals surface area (Å²) in [6.45, 7) is -2.43. The Hall–Kier alpha value is -3.29. The van der Waals surface area contributed by atoms with Crippen molar-refractivity contribution in [2.45, 2.75) is 6.85 Å². The van der Waals surface area contributed by atoms with E-state index in [0.717, 1.165) is 0 Å². The smallest absolute Gasteiger partial charge is 0.340 e. The number of carbonyl (C=O) groups excluding carboxylic acids is 1. The lowest BCUT2D eigenvalue weighted by Gasteiger charge is -2.02. The summed E-state index contributed by atoms with van der Waals surface area (Å²) in [7, 11) is 2.76. The number of carbonyl (C=O) groups is 1. The van der Waals surface area contributed by atoms with E-state index >= 15 is 0 Å². The first-order valence-corrected chi connectivity index (χ1v) is 7.30. The molecule has 0 bridgehead atoms. The van der Waals surface area contributed by atoms with Crippen LogP contribution >= 0.6 is 0 Å². The van der Waals surface area contributed by atoms with Gasteiger partial charge in [0, 0.05) is 33.8 Å². The number of pyridine rings is 1. The first-order valence-electron chi connectivity index (χ1n) is 8.80. The van der Waals surface area contributed by atoms with Gasteiger partial charge in [0.1, 0.15) is 5.82 Å². The van der Waals surface area contributed by atoms with E-state index in [0.29, 0.717) is 33.2 Å². The van der Waals surface area contributed by atoms with Crippen molar-refractivity contribution < 1.29 is 18.0 Å². The van der Waals surface area contributed by atoms with Crippen LogP contribution in [0.1, 0.15) is 20.2 Å². The molecule has 0 unspecified atom stereocenters. The van der Waals surface area contributed by atoms with Gasteiger partial charge in [-0.25, -0.2) is 13.9 Å². The third-order valence-electron chi connectivity index (χ3n) is 4.02. The predicted molar refractivity (Wildman–Crippen MR) is 89.6 cm³/mol. The van der Waals surface area contributed by atoms with E-state index in [9.17, 15) is 9.18 Å². The topological polar surface area (TPSA) is 85.7 Å². The van der Waals surface area contributed by atoms with Gasteiger partial charge < -0.3 is 9.72 Å². The lowest BCUT2D eigenvalue weighted by Crippen LogP contribution is -2.04. The molecule has 25 heavy (non-hydrogen) atoms. The summed E-state index contributed by atoms with van der Waals surface area (Å²) >= 11 is 0. The second kappa shape index (κ2) is 5.37. The molecule has 0 aliphatic heterocycles. The van der Waals surface area contributed by atoms with E-state index in [1.54, 1.807) is 13.1 Å². The van der Waals surface area contributed by atoms with Gasteiger partial charge in [-0.1, -0.05) is 5.21 Å². The number of aryl methyl sites for hydroxylation is 2. The second-order valence-corrected chi connectivity index (χ2v) is 5.52. The molecular weight excluding hydrogens is 325 g/mol. The highest BCUT2D eigenvalue weighted by atomic mass is 19.1. The van der Waals surface area contributed by atoms with Gasteiger partial charge in [0.25, 0.3) is 0 Å². The van der Waals surface area contributed by atoms with Gasteiger partial charge in [0.05, 0.1) is 35.1 Å². The van der Waals surface area contributed by atoms with Crippen molar-refractivity contribution in [2.24, 2.45) is 7.05 Å². The number of aromatic amines is 1. The molecule has 0 amide bonds. The Bertz CT molecular complexity index is 1250. The summed E-state index contributed by atoms with van der Waals surface area (Å²) in [4.78, 5) is 19.1. The monoisotopic (exact) mass is 342 g/mol. The maximum atomic E-state index is 14.3. The zero-order chi connectivity index (χ0) is 20.2. The van der Waals surface area contributed by atoms with E-state index in [-0.39, 0.29) is 11.3 Å². The van der Waals surface area contributed by atoms with Crippen molar-refractivity contribution in [3.63, 3.8) is 0 Å². The SMILES string of the molecule is [2H]C([2H])([2H])c1nnn(C)c1-c1cnc2c(c1)[nH]c1cc(C(=O)OC)c(F)cc12. The van der Waals surface area contributed by atoms with Gasteiger partial charge in [-0.15, -0.1) is 5.10 Å². The minimum Gasteiger partial charge on any atom is -0.465 e. The second-order valence-electron chi connectivity index (χ2n) is 5.52. The lowest BCUT2D eigenvalue weighted by atomic mass is 10.1. The molecule has 7 nitrogen and oxygen atoms in total. The van der Waals surface area contributed by atoms with Crippen molar-refractivity contribution in [1.29, 1.82) is 0 Å². The fourth-order valence-corrected chi connectivity index (χ4v) is 2.87. The van der Waals surface area contributed by atoms with Crippen LogP contribution in [0, 0.1) is 12.7 Å². The summed E-state index contributed by atoms with van der Waals surface area (Å²) in [5, 5.41) is 8.04. The van der Waals surface area contributed by atoms with Crippen LogP contribution in [-0.4, -0.2) is 38.0 Å². The summed E-state index contributed by atoms with van der Waals surface area (Å²) in [6.07, 6.45) is 1.48. The molecule has 0 aliphatic rings. The molecule has 0 radical (unpaired) electrons. The highest BCUT2D eigenvalue weighted by Gasteiger charge is 2.17. The molecule has 1 N–H and O–H groups in total. The van der Waals surface area contributed by atoms with Crippen LogP contribution in [0.25, 0.3) is 33.2 Å². The summed E-state index contributed by atoms with van der Waals surface area (Å²) in [5.74, 6) is -1.50. The molecule has 3 heterocycles. The Balaban J connectivity index is 1.93. The van der Waals surface area contributed by atoms with Gasteiger partial charge in [0.2, 0.25) is 0 Å². The minimum absolute atomic E-state index is 0.133. The standard InChI is InChI=1S/C17H14FN5O2/c1-8-16(23(2)22-21-8)9-4-14-15(19-7-9)11-5-12(18)10(17(24)25-3)6-13(11)20-14/h4-7,20H,1-3H3/i1D3. The molecule has 0 spiro atoms. The Morgan fingerprint density at radius 1 is 1.36 bits per heavy atom. The lowest BCUT2D eigenvalue weighted by molar-refractivity contribution is 0.0595. The van der Waals surface area contributed by atoms with Crippen molar-refractivity contribution >= 4 is 27.9 Å². The molecule has 0 aliphatic carbocycles. The van der Waals surface area contributed by atoms with Gasteiger partial charge in [-0.05, 0) is 25.1 Å². The number of hydrogen-bond acceptors (Lipinski definition) is 5. The van der Waals surface area contributed by atoms with Crippen molar-refractivity contribution in [2.75, 3.05) is 7.11 Å². The molecule has 0 saturated carbocycles. The van der Waals surface area contributed by atoms with Crippen LogP contribution in [0.4, 0.5) is 4.39 Å². The normalized spacial score (nSPS) is 13.6. The average Bonchev–Trinajstić information content (AvgIpc) is 3.19. The van der Waals surface area contributed by atoms with Crippen LogP contribution in [0.3, 0.4) is 0 Å². The van der Waals surface area contributed by atoms with E-state index in [4.69, 9.17) is 4.11 Å². The zero-order valence-electron chi connectivity index (χ0n) is 16.3. The number of hydrogen-bond donors (Lipinski definition) is 1. The maximum Gasteiger partial charge on any atom is 0.340 e. The largest absolute Gasteiger partial charge is 0.465 e. The van der Waals surface area contributed by atoms with Gasteiger partial charge in [0.15, 0.2) is 0 Å². The molecule has 1 aromatic carbocycles. The fraction of sp³-hybridized carbons (Fsp3) is 0.176. The zero-order valence-corrected chi connectivity index (χ0v) is 13.3. The number of rotatable bonds is 2. The first-order chi connectivity index (χ1) is 13.2. The molecule has 4 aromatic rings. The Morgan fingerprint density at radius 2 is 2.20 bits per heavy atom. The fourth-order valence-electron chi connectivity index (χ4n) is 2.87. The van der Waals surface area contributed by atoms with Crippen LogP contribution in [0.5, 0.6) is 0 Å². The average molecular weight is 342 g/mol. The molecule has 126 valence electrons. The number of methoxy groups -OCH3 is 1. The third kappa shape index (κ3) is 2.25. The molecule has 0 atom stereocenters. The number of nitrogens with zero attached hydrogens (tertiary/aromatic N) is 4. The highest BCUT2D eigenvalue weighted by Crippen LogP contribution is 2.30. The molecule has 0 fully saturated rings. The van der Waals surface area contributed by atoms with Crippen molar-refractivity contribution in [3.05, 3.63) is 41.5 Å². The number of H-pyrrole nitrogens is 1. The molecule has 4 rings (SSSR count). The summed E-state index contributed by atoms with van der Waals surface area (Å²) in [5.41, 5.74) is 2.02. The number of fused-ring (bicyclic) bond motifs is 3. The maximum absolute atomic E-state index is 14.3.